The topological polar surface area (TPSA) is 88.5 Å². The van der Waals surface area contributed by atoms with E-state index in [9.17, 15) is 0 Å². The van der Waals surface area contributed by atoms with Crippen molar-refractivity contribution in [3.05, 3.63) is 12.2 Å². The quantitative estimate of drug-likeness (QED) is 0.0665. The molecule has 1 aliphatic heterocycles. The molecule has 0 aliphatic carbocycles. The third-order valence-corrected chi connectivity index (χ3v) is 9.02. The second-order valence-corrected chi connectivity index (χ2v) is 12.6. The summed E-state index contributed by atoms with van der Waals surface area (Å²) in [6.07, 6.45) is 35.4. The highest BCUT2D eigenvalue weighted by Gasteiger charge is 2.34. The summed E-state index contributed by atoms with van der Waals surface area (Å²) in [5.41, 5.74) is 13.1. The number of aliphatic imine (C=N–C) groups is 1. The Hall–Kier alpha value is -0.750. The third-order valence-electron chi connectivity index (χ3n) is 9.02. The van der Waals surface area contributed by atoms with Gasteiger partial charge in [-0.3, -0.25) is 4.99 Å². The molecule has 0 aromatic heterocycles. The van der Waals surface area contributed by atoms with Crippen molar-refractivity contribution in [3.8, 4) is 0 Å². The first-order valence-electron chi connectivity index (χ1n) is 17.8. The zero-order valence-corrected chi connectivity index (χ0v) is 27.2. The number of nitrogens with two attached hydrogens (primary N) is 2. The van der Waals surface area contributed by atoms with Crippen LogP contribution >= 0.6 is 0 Å². The molecule has 6 N–H and O–H groups in total. The summed E-state index contributed by atoms with van der Waals surface area (Å²) in [5, 5.41) is 7.65. The first-order chi connectivity index (χ1) is 19.6. The van der Waals surface area contributed by atoms with E-state index in [1.165, 1.54) is 128 Å². The fourth-order valence-corrected chi connectivity index (χ4v) is 6.20. The number of unbranched alkanes of at least 4 members (excludes halogenated alkanes) is 18. The number of hydrogen-bond acceptors (Lipinski definition) is 5. The summed E-state index contributed by atoms with van der Waals surface area (Å²) < 4.78 is 0. The summed E-state index contributed by atoms with van der Waals surface area (Å²) in [6.45, 7) is 9.45. The van der Waals surface area contributed by atoms with Crippen LogP contribution in [-0.4, -0.2) is 49.5 Å². The second kappa shape index (κ2) is 25.9. The Morgan fingerprint density at radius 2 is 1.10 bits per heavy atom. The molecule has 1 heterocycles. The van der Waals surface area contributed by atoms with Crippen molar-refractivity contribution in [2.24, 2.45) is 16.5 Å². The fourth-order valence-electron chi connectivity index (χ4n) is 6.20. The maximum atomic E-state index is 6.93. The Kier molecular flexibility index (Phi) is 24.2. The van der Waals surface area contributed by atoms with Crippen molar-refractivity contribution < 1.29 is 0 Å². The van der Waals surface area contributed by atoms with Gasteiger partial charge < -0.3 is 22.1 Å². The van der Waals surface area contributed by atoms with Crippen LogP contribution < -0.4 is 22.1 Å². The van der Waals surface area contributed by atoms with Crippen LogP contribution in [0.1, 0.15) is 162 Å². The smallest absolute Gasteiger partial charge is 0.0803 e. The zero-order valence-electron chi connectivity index (χ0n) is 27.2. The summed E-state index contributed by atoms with van der Waals surface area (Å²) in [5.74, 6) is 0. The molecule has 0 aromatic carbocycles. The highest BCUT2D eigenvalue weighted by atomic mass is 15.1. The maximum absolute atomic E-state index is 6.93. The van der Waals surface area contributed by atoms with E-state index < -0.39 is 0 Å². The van der Waals surface area contributed by atoms with Crippen molar-refractivity contribution in [1.29, 1.82) is 0 Å². The van der Waals surface area contributed by atoms with Gasteiger partial charge >= 0.3 is 0 Å². The summed E-state index contributed by atoms with van der Waals surface area (Å²) in [6, 6.07) is 0.371. The standard InChI is InChI=1S/C35H71N5/c1-4-7-9-11-13-15-17-19-21-23-27-38-33(31-36)34(32(37)30-35(6-3)26-25-29-40-35)39-28-24-22-20-18-16-14-12-10-8-5-2/h25-26,29,32-34,38-39H,4-24,27-28,30-31,36-37H2,1-3H3. The lowest BCUT2D eigenvalue weighted by molar-refractivity contribution is 0.287. The molecule has 1 aliphatic rings. The average Bonchev–Trinajstić information content (AvgIpc) is 3.43. The van der Waals surface area contributed by atoms with Crippen LogP contribution in [0.3, 0.4) is 0 Å². The normalized spacial score (nSPS) is 18.9. The van der Waals surface area contributed by atoms with E-state index in [1.54, 1.807) is 0 Å². The van der Waals surface area contributed by atoms with Gasteiger partial charge in [-0.05, 0) is 44.8 Å². The molecule has 236 valence electrons. The number of allylic oxidation sites excluding steroid dienone is 1. The van der Waals surface area contributed by atoms with E-state index >= 15 is 0 Å². The monoisotopic (exact) mass is 562 g/mol. The van der Waals surface area contributed by atoms with Gasteiger partial charge in [-0.25, -0.2) is 0 Å². The molecule has 0 bridgehead atoms. The van der Waals surface area contributed by atoms with Gasteiger partial charge in [-0.15, -0.1) is 0 Å². The zero-order chi connectivity index (χ0) is 29.2. The molecular weight excluding hydrogens is 490 g/mol. The fraction of sp³-hybridized carbons (Fsp3) is 0.914. The SMILES string of the molecule is CCCCCCCCCCCCNC(CN)C(NCCCCCCCCCCCC)C(N)CC1(CC)C=CC=N1. The van der Waals surface area contributed by atoms with E-state index in [1.807, 2.05) is 6.21 Å². The first kappa shape index (κ1) is 37.3. The highest BCUT2D eigenvalue weighted by molar-refractivity contribution is 5.75. The first-order valence-corrected chi connectivity index (χ1v) is 17.8. The van der Waals surface area contributed by atoms with Crippen LogP contribution in [0.2, 0.25) is 0 Å². The molecule has 0 saturated carbocycles. The summed E-state index contributed by atoms with van der Waals surface area (Å²) >= 11 is 0. The molecule has 4 atom stereocenters. The van der Waals surface area contributed by atoms with Gasteiger partial charge in [-0.1, -0.05) is 142 Å². The number of nitrogens with zero attached hydrogens (tertiary/aromatic N) is 1. The number of rotatable bonds is 30. The minimum Gasteiger partial charge on any atom is -0.329 e. The molecule has 0 aromatic rings. The molecular formula is C35H71N5. The minimum atomic E-state index is -0.147. The molecule has 1 rings (SSSR count). The van der Waals surface area contributed by atoms with Crippen LogP contribution in [0.5, 0.6) is 0 Å². The van der Waals surface area contributed by atoms with E-state index in [0.717, 1.165) is 25.9 Å². The van der Waals surface area contributed by atoms with Crippen LogP contribution in [0.25, 0.3) is 0 Å². The van der Waals surface area contributed by atoms with Crippen LogP contribution in [0, 0.1) is 0 Å². The Balaban J connectivity index is 2.40. The van der Waals surface area contributed by atoms with Crippen molar-refractivity contribution in [1.82, 2.24) is 10.6 Å². The Bertz CT molecular complexity index is 593. The number of hydrogen-bond donors (Lipinski definition) is 4. The Labute approximate surface area is 250 Å². The lowest BCUT2D eigenvalue weighted by Gasteiger charge is -2.36. The van der Waals surface area contributed by atoms with Gasteiger partial charge in [0, 0.05) is 30.9 Å². The third kappa shape index (κ3) is 17.9. The largest absolute Gasteiger partial charge is 0.329 e. The van der Waals surface area contributed by atoms with Gasteiger partial charge in [0.05, 0.1) is 5.54 Å². The minimum absolute atomic E-state index is 0.0109. The molecule has 5 heteroatoms. The van der Waals surface area contributed by atoms with E-state index in [2.05, 4.69) is 43.6 Å². The lowest BCUT2D eigenvalue weighted by atomic mass is 9.85. The predicted molar refractivity (Wildman–Crippen MR) is 180 cm³/mol. The summed E-state index contributed by atoms with van der Waals surface area (Å²) in [4.78, 5) is 4.79. The molecule has 4 unspecified atom stereocenters. The molecule has 0 fully saturated rings. The van der Waals surface area contributed by atoms with Gasteiger partial charge in [0.1, 0.15) is 0 Å². The maximum Gasteiger partial charge on any atom is 0.0803 e. The Morgan fingerprint density at radius 3 is 1.50 bits per heavy atom. The van der Waals surface area contributed by atoms with Crippen molar-refractivity contribution in [2.75, 3.05) is 19.6 Å². The van der Waals surface area contributed by atoms with Gasteiger partial charge in [0.2, 0.25) is 0 Å². The van der Waals surface area contributed by atoms with Crippen molar-refractivity contribution in [3.63, 3.8) is 0 Å². The van der Waals surface area contributed by atoms with Crippen LogP contribution in [0.15, 0.2) is 17.1 Å². The lowest BCUT2D eigenvalue weighted by Crippen LogP contribution is -2.61. The Morgan fingerprint density at radius 1 is 0.650 bits per heavy atom. The van der Waals surface area contributed by atoms with Gasteiger partial charge in [-0.2, -0.15) is 0 Å². The van der Waals surface area contributed by atoms with Gasteiger partial charge in [0.25, 0.3) is 0 Å². The van der Waals surface area contributed by atoms with E-state index in [0.29, 0.717) is 6.54 Å². The van der Waals surface area contributed by atoms with Crippen molar-refractivity contribution in [2.45, 2.75) is 186 Å². The second-order valence-electron chi connectivity index (χ2n) is 12.6. The van der Waals surface area contributed by atoms with E-state index in [4.69, 9.17) is 16.5 Å². The van der Waals surface area contributed by atoms with Crippen LogP contribution in [0.4, 0.5) is 0 Å². The summed E-state index contributed by atoms with van der Waals surface area (Å²) in [7, 11) is 0. The molecule has 0 amide bonds. The molecule has 5 nitrogen and oxygen atoms in total. The van der Waals surface area contributed by atoms with E-state index in [-0.39, 0.29) is 23.7 Å². The molecule has 0 saturated heterocycles. The average molecular weight is 562 g/mol. The highest BCUT2D eigenvalue weighted by Crippen LogP contribution is 2.27. The number of nitrogens with one attached hydrogen (secondary N) is 2. The molecule has 0 spiro atoms. The van der Waals surface area contributed by atoms with Crippen LogP contribution in [-0.2, 0) is 0 Å². The van der Waals surface area contributed by atoms with Gasteiger partial charge in [0.15, 0.2) is 0 Å². The molecule has 0 radical (unpaired) electrons. The molecule has 40 heavy (non-hydrogen) atoms. The van der Waals surface area contributed by atoms with Crippen molar-refractivity contribution >= 4 is 6.21 Å². The predicted octanol–water partition coefficient (Wildman–Crippen LogP) is 8.21.